The van der Waals surface area contributed by atoms with E-state index in [1.807, 2.05) is 6.07 Å². The zero-order valence-corrected chi connectivity index (χ0v) is 12.7. The van der Waals surface area contributed by atoms with Crippen LogP contribution in [-0.4, -0.2) is 24.5 Å². The molecule has 0 radical (unpaired) electrons. The number of hydrogen-bond donors (Lipinski definition) is 1. The Hall–Kier alpha value is -2.55. The zero-order chi connectivity index (χ0) is 16.2. The van der Waals surface area contributed by atoms with Crippen LogP contribution in [0.25, 0.3) is 0 Å². The second kappa shape index (κ2) is 6.69. The van der Waals surface area contributed by atoms with E-state index >= 15 is 0 Å². The number of ketones is 1. The van der Waals surface area contributed by atoms with Gasteiger partial charge in [0.05, 0.1) is 6.07 Å². The molecule has 0 saturated heterocycles. The molecule has 1 aromatic carbocycles. The van der Waals surface area contributed by atoms with Gasteiger partial charge in [-0.1, -0.05) is 19.3 Å². The van der Waals surface area contributed by atoms with E-state index in [2.05, 4.69) is 5.32 Å². The Morgan fingerprint density at radius 2 is 1.91 bits per heavy atom. The SMILES string of the molecule is N#C[C@@H](C(=O)NC1CCCCC1)C(=O)c1ccc2c(c1)OCO2. The van der Waals surface area contributed by atoms with E-state index in [1.165, 1.54) is 12.5 Å². The van der Waals surface area contributed by atoms with Crippen molar-refractivity contribution in [3.63, 3.8) is 0 Å². The minimum absolute atomic E-state index is 0.0663. The Balaban J connectivity index is 1.70. The number of nitrogens with one attached hydrogen (secondary N) is 1. The second-order valence-electron chi connectivity index (χ2n) is 5.84. The highest BCUT2D eigenvalue weighted by Gasteiger charge is 2.30. The molecule has 6 nitrogen and oxygen atoms in total. The van der Waals surface area contributed by atoms with Gasteiger partial charge in [-0.15, -0.1) is 0 Å². The van der Waals surface area contributed by atoms with Gasteiger partial charge >= 0.3 is 0 Å². The van der Waals surface area contributed by atoms with E-state index in [0.29, 0.717) is 11.5 Å². The molecule has 1 aliphatic carbocycles. The molecule has 0 aromatic heterocycles. The van der Waals surface area contributed by atoms with Crippen LogP contribution in [0.2, 0.25) is 0 Å². The van der Waals surface area contributed by atoms with Crippen molar-refractivity contribution < 1.29 is 19.1 Å². The van der Waals surface area contributed by atoms with Crippen molar-refractivity contribution in [2.75, 3.05) is 6.79 Å². The Bertz CT molecular complexity index is 659. The van der Waals surface area contributed by atoms with Gasteiger partial charge in [0.2, 0.25) is 12.7 Å². The standard InChI is InChI=1S/C17H18N2O4/c18-9-13(17(21)19-12-4-2-1-3-5-12)16(20)11-6-7-14-15(8-11)23-10-22-14/h6-8,12-13H,1-5,10H2,(H,19,21)/t13-/m1/s1. The van der Waals surface area contributed by atoms with E-state index < -0.39 is 17.6 Å². The molecule has 1 saturated carbocycles. The maximum Gasteiger partial charge on any atom is 0.245 e. The minimum Gasteiger partial charge on any atom is -0.454 e. The van der Waals surface area contributed by atoms with Crippen molar-refractivity contribution in [3.8, 4) is 17.6 Å². The van der Waals surface area contributed by atoms with Gasteiger partial charge in [-0.05, 0) is 31.0 Å². The van der Waals surface area contributed by atoms with Gasteiger partial charge in [0, 0.05) is 11.6 Å². The van der Waals surface area contributed by atoms with Crippen molar-refractivity contribution >= 4 is 11.7 Å². The van der Waals surface area contributed by atoms with Crippen LogP contribution in [0.4, 0.5) is 0 Å². The summed E-state index contributed by atoms with van der Waals surface area (Å²) < 4.78 is 10.4. The summed E-state index contributed by atoms with van der Waals surface area (Å²) in [5.41, 5.74) is 0.277. The van der Waals surface area contributed by atoms with Gasteiger partial charge in [0.15, 0.2) is 23.2 Å². The quantitative estimate of drug-likeness (QED) is 0.680. The maximum absolute atomic E-state index is 12.5. The lowest BCUT2D eigenvalue weighted by atomic mass is 9.93. The zero-order valence-electron chi connectivity index (χ0n) is 12.7. The molecule has 0 unspecified atom stereocenters. The largest absolute Gasteiger partial charge is 0.454 e. The maximum atomic E-state index is 12.5. The summed E-state index contributed by atoms with van der Waals surface area (Å²) in [5, 5.41) is 12.1. The third-order valence-electron chi connectivity index (χ3n) is 4.26. The number of carbonyl (C=O) groups excluding carboxylic acids is 2. The van der Waals surface area contributed by atoms with Crippen molar-refractivity contribution in [1.29, 1.82) is 5.26 Å². The molecule has 1 heterocycles. The second-order valence-corrected chi connectivity index (χ2v) is 5.84. The fourth-order valence-corrected chi connectivity index (χ4v) is 2.98. The predicted octanol–water partition coefficient (Wildman–Crippen LogP) is 2.19. The van der Waals surface area contributed by atoms with E-state index in [-0.39, 0.29) is 18.4 Å². The summed E-state index contributed by atoms with van der Waals surface area (Å²) in [6, 6.07) is 6.57. The smallest absolute Gasteiger partial charge is 0.245 e. The number of amides is 1. The molecular formula is C17H18N2O4. The summed E-state index contributed by atoms with van der Waals surface area (Å²) in [5.74, 6) is -1.35. The molecule has 23 heavy (non-hydrogen) atoms. The molecule has 0 spiro atoms. The molecule has 1 atom stereocenters. The van der Waals surface area contributed by atoms with E-state index in [0.717, 1.165) is 25.7 Å². The van der Waals surface area contributed by atoms with Crippen molar-refractivity contribution in [2.24, 2.45) is 5.92 Å². The number of nitrogens with zero attached hydrogens (tertiary/aromatic N) is 1. The number of rotatable bonds is 4. The summed E-state index contributed by atoms with van der Waals surface area (Å²) in [6.45, 7) is 0.108. The van der Waals surface area contributed by atoms with Gasteiger partial charge in [-0.2, -0.15) is 5.26 Å². The fraction of sp³-hybridized carbons (Fsp3) is 0.471. The first-order valence-corrected chi connectivity index (χ1v) is 7.83. The normalized spacial score (nSPS) is 18.0. The molecule has 0 bridgehead atoms. The molecule has 120 valence electrons. The lowest BCUT2D eigenvalue weighted by molar-refractivity contribution is -0.123. The summed E-state index contributed by atoms with van der Waals surface area (Å²) in [6.07, 6.45) is 5.12. The van der Waals surface area contributed by atoms with Crippen LogP contribution in [0.3, 0.4) is 0 Å². The monoisotopic (exact) mass is 314 g/mol. The van der Waals surface area contributed by atoms with Crippen molar-refractivity contribution in [1.82, 2.24) is 5.32 Å². The van der Waals surface area contributed by atoms with Crippen LogP contribution in [0.1, 0.15) is 42.5 Å². The average Bonchev–Trinajstić information content (AvgIpc) is 3.04. The van der Waals surface area contributed by atoms with Gasteiger partial charge in [-0.25, -0.2) is 0 Å². The summed E-state index contributed by atoms with van der Waals surface area (Å²) in [7, 11) is 0. The third-order valence-corrected chi connectivity index (χ3v) is 4.26. The van der Waals surface area contributed by atoms with Crippen LogP contribution in [0.5, 0.6) is 11.5 Å². The fourth-order valence-electron chi connectivity index (χ4n) is 2.98. The van der Waals surface area contributed by atoms with Gasteiger partial charge in [0.1, 0.15) is 0 Å². The molecule has 3 rings (SSSR count). The molecule has 2 aliphatic rings. The molecule has 1 amide bonds. The van der Waals surface area contributed by atoms with Gasteiger partial charge in [0.25, 0.3) is 0 Å². The van der Waals surface area contributed by atoms with Crippen LogP contribution in [-0.2, 0) is 4.79 Å². The highest BCUT2D eigenvalue weighted by atomic mass is 16.7. The molecule has 6 heteroatoms. The van der Waals surface area contributed by atoms with Gasteiger partial charge < -0.3 is 14.8 Å². The molecule has 1 N–H and O–H groups in total. The number of fused-ring (bicyclic) bond motifs is 1. The molecular weight excluding hydrogens is 296 g/mol. The third kappa shape index (κ3) is 3.29. The van der Waals surface area contributed by atoms with Crippen LogP contribution >= 0.6 is 0 Å². The minimum atomic E-state index is -1.34. The Morgan fingerprint density at radius 3 is 2.65 bits per heavy atom. The first-order chi connectivity index (χ1) is 11.2. The van der Waals surface area contributed by atoms with E-state index in [4.69, 9.17) is 9.47 Å². The number of ether oxygens (including phenoxy) is 2. The van der Waals surface area contributed by atoms with Gasteiger partial charge in [-0.3, -0.25) is 9.59 Å². The van der Waals surface area contributed by atoms with E-state index in [1.54, 1.807) is 12.1 Å². The number of Topliss-reactive ketones (excluding diaryl/α,β-unsaturated/α-hetero) is 1. The van der Waals surface area contributed by atoms with Crippen LogP contribution in [0, 0.1) is 17.2 Å². The lowest BCUT2D eigenvalue weighted by Gasteiger charge is -2.23. The number of nitriles is 1. The average molecular weight is 314 g/mol. The highest BCUT2D eigenvalue weighted by molar-refractivity contribution is 6.12. The summed E-state index contributed by atoms with van der Waals surface area (Å²) >= 11 is 0. The lowest BCUT2D eigenvalue weighted by Crippen LogP contribution is -2.42. The first-order valence-electron chi connectivity index (χ1n) is 7.83. The Kier molecular flexibility index (Phi) is 4.47. The number of hydrogen-bond acceptors (Lipinski definition) is 5. The van der Waals surface area contributed by atoms with Crippen molar-refractivity contribution in [3.05, 3.63) is 23.8 Å². The first kappa shape index (κ1) is 15.3. The molecule has 1 fully saturated rings. The summed E-state index contributed by atoms with van der Waals surface area (Å²) in [4.78, 5) is 24.8. The molecule has 1 aliphatic heterocycles. The number of benzene rings is 1. The Morgan fingerprint density at radius 1 is 1.17 bits per heavy atom. The number of carbonyl (C=O) groups is 2. The predicted molar refractivity (Wildman–Crippen MR) is 81.0 cm³/mol. The van der Waals surface area contributed by atoms with Crippen LogP contribution in [0.15, 0.2) is 18.2 Å². The topological polar surface area (TPSA) is 88.4 Å². The Labute approximate surface area is 134 Å². The van der Waals surface area contributed by atoms with Crippen molar-refractivity contribution in [2.45, 2.75) is 38.1 Å². The van der Waals surface area contributed by atoms with E-state index in [9.17, 15) is 14.9 Å². The molecule has 1 aromatic rings. The highest BCUT2D eigenvalue weighted by Crippen LogP contribution is 2.33. The van der Waals surface area contributed by atoms with Crippen LogP contribution < -0.4 is 14.8 Å².